The molecule has 16 valence electrons. The summed E-state index contributed by atoms with van der Waals surface area (Å²) in [6.07, 6.45) is 0. The molecule has 0 saturated carbocycles. The Kier molecular flexibility index (Phi) is 142. The van der Waals surface area contributed by atoms with Crippen LogP contribution in [0.15, 0.2) is 0 Å². The van der Waals surface area contributed by atoms with Crippen LogP contribution >= 0.6 is 0 Å². The molecule has 0 aromatic heterocycles. The van der Waals surface area contributed by atoms with Crippen LogP contribution in [0.5, 0.6) is 0 Å². The monoisotopic (exact) mass is 538 g/mol. The summed E-state index contributed by atoms with van der Waals surface area (Å²) in [5.41, 5.74) is 0. The van der Waals surface area contributed by atoms with Gasteiger partial charge in [-0.25, -0.2) is 0 Å². The molecule has 0 N–H and O–H groups in total. The van der Waals surface area contributed by atoms with Crippen molar-refractivity contribution in [3.63, 3.8) is 0 Å². The molecule has 12 radical (unpaired) electrons. The molecule has 5 heavy (non-hydrogen) atoms. The van der Waals surface area contributed by atoms with Crippen LogP contribution in [0, 0.1) is 0 Å². The van der Waals surface area contributed by atoms with E-state index in [9.17, 15) is 0 Å². The van der Waals surface area contributed by atoms with Crippen LogP contribution in [-0.2, 0) is 0 Å². The first kappa shape index (κ1) is 31.2. The van der Waals surface area contributed by atoms with Gasteiger partial charge in [-0.15, -0.1) is 0 Å². The maximum Gasteiger partial charge on any atom is 0 e. The van der Waals surface area contributed by atoms with Crippen LogP contribution in [-0.4, -0.2) is 166 Å². The molecule has 0 heterocycles. The largest absolute Gasteiger partial charge is 0 e. The van der Waals surface area contributed by atoms with Gasteiger partial charge in [-0.05, 0) is 0 Å². The molecular formula is Bi2Ca3. The van der Waals surface area contributed by atoms with Gasteiger partial charge in [0.2, 0.25) is 0 Å². The molecule has 0 aliphatic heterocycles. The quantitative estimate of drug-likeness (QED) is 0.317. The van der Waals surface area contributed by atoms with E-state index in [1.54, 1.807) is 0 Å². The van der Waals surface area contributed by atoms with Crippen LogP contribution in [0.3, 0.4) is 0 Å². The zero-order valence-electron chi connectivity index (χ0n) is 3.02. The minimum absolute atomic E-state index is 0. The molecule has 0 nitrogen and oxygen atoms in total. The molecule has 0 aliphatic carbocycles. The first-order valence-corrected chi connectivity index (χ1v) is 0. The molecule has 0 unspecified atom stereocenters. The molecule has 5 heteroatoms. The molecular weight excluding hydrogens is 538 g/mol. The minimum Gasteiger partial charge on any atom is 0 e. The Labute approximate surface area is 160 Å². The third-order valence-corrected chi connectivity index (χ3v) is 0. The van der Waals surface area contributed by atoms with Crippen molar-refractivity contribution in [2.45, 2.75) is 0 Å². The summed E-state index contributed by atoms with van der Waals surface area (Å²) in [4.78, 5) is 0. The fourth-order valence-corrected chi connectivity index (χ4v) is 0. The van der Waals surface area contributed by atoms with Crippen LogP contribution in [0.25, 0.3) is 0 Å². The van der Waals surface area contributed by atoms with Crippen LogP contribution in [0.4, 0.5) is 0 Å². The summed E-state index contributed by atoms with van der Waals surface area (Å²) in [7, 11) is 0. The van der Waals surface area contributed by atoms with Crippen LogP contribution < -0.4 is 0 Å². The summed E-state index contributed by atoms with van der Waals surface area (Å²) in [5.74, 6) is 0. The third-order valence-electron chi connectivity index (χ3n) is 0. The van der Waals surface area contributed by atoms with E-state index in [4.69, 9.17) is 0 Å². The summed E-state index contributed by atoms with van der Waals surface area (Å²) in [5, 5.41) is 0. The van der Waals surface area contributed by atoms with Gasteiger partial charge >= 0.3 is 0 Å². The fourth-order valence-electron chi connectivity index (χ4n) is 0. The van der Waals surface area contributed by atoms with Crippen molar-refractivity contribution in [3.8, 4) is 0 Å². The number of hydrogen-bond donors (Lipinski definition) is 0. The van der Waals surface area contributed by atoms with Crippen molar-refractivity contribution in [3.05, 3.63) is 0 Å². The molecule has 0 rings (SSSR count). The first-order chi connectivity index (χ1) is 0. The fraction of sp³-hybridized carbons (Fsp3) is 0. The van der Waals surface area contributed by atoms with Gasteiger partial charge in [-0.2, -0.15) is 0 Å². The van der Waals surface area contributed by atoms with E-state index in [-0.39, 0.29) is 166 Å². The average molecular weight is 538 g/mol. The Bertz CT molecular complexity index is 4.85. The number of rotatable bonds is 0. The Morgan fingerprint density at radius 3 is 0.400 bits per heavy atom. The molecule has 0 aromatic carbocycles. The average Bonchev–Trinajstić information content (AvgIpc) is 0. The van der Waals surface area contributed by atoms with Gasteiger partial charge in [0, 0.05) is 166 Å². The maximum atomic E-state index is 0. The Hall–Kier alpha value is 5.55. The minimum atomic E-state index is 0. The maximum absolute atomic E-state index is 0. The van der Waals surface area contributed by atoms with E-state index in [1.165, 1.54) is 0 Å². The van der Waals surface area contributed by atoms with Gasteiger partial charge < -0.3 is 0 Å². The van der Waals surface area contributed by atoms with E-state index in [0.717, 1.165) is 0 Å². The predicted molar refractivity (Wildman–Crippen MR) is 28.8 cm³/mol. The molecule has 0 saturated heterocycles. The Balaban J connectivity index is 0. The van der Waals surface area contributed by atoms with Crippen molar-refractivity contribution in [2.24, 2.45) is 0 Å². The van der Waals surface area contributed by atoms with Gasteiger partial charge in [0.1, 0.15) is 0 Å². The first-order valence-electron chi connectivity index (χ1n) is 0. The van der Waals surface area contributed by atoms with E-state index >= 15 is 0 Å². The normalized spacial score (nSPS) is 0. The molecule has 0 aromatic rings. The van der Waals surface area contributed by atoms with Gasteiger partial charge in [0.25, 0.3) is 0 Å². The van der Waals surface area contributed by atoms with Gasteiger partial charge in [-0.1, -0.05) is 0 Å². The molecule has 0 spiro atoms. The second kappa shape index (κ2) is 22.7. The standard InChI is InChI=1S/2Bi.3Ca. The third kappa shape index (κ3) is 17.7. The molecule has 0 fully saturated rings. The summed E-state index contributed by atoms with van der Waals surface area (Å²) in [6.45, 7) is 0. The second-order valence-corrected chi connectivity index (χ2v) is 0. The van der Waals surface area contributed by atoms with Crippen molar-refractivity contribution in [1.29, 1.82) is 0 Å². The molecule has 0 aliphatic rings. The van der Waals surface area contributed by atoms with Crippen molar-refractivity contribution in [1.82, 2.24) is 0 Å². The summed E-state index contributed by atoms with van der Waals surface area (Å²) < 4.78 is 0. The van der Waals surface area contributed by atoms with Crippen LogP contribution in [0.2, 0.25) is 0 Å². The Morgan fingerprint density at radius 2 is 0.400 bits per heavy atom. The molecule has 0 atom stereocenters. The summed E-state index contributed by atoms with van der Waals surface area (Å²) in [6, 6.07) is 0. The molecule has 0 bridgehead atoms. The zero-order valence-corrected chi connectivity index (χ0v) is 16.6. The van der Waals surface area contributed by atoms with Gasteiger partial charge in [0.15, 0.2) is 0 Å². The zero-order chi connectivity index (χ0) is 0. The smallest absolute Gasteiger partial charge is 0 e. The van der Waals surface area contributed by atoms with E-state index in [1.807, 2.05) is 0 Å². The SMILES string of the molecule is [Bi].[Bi].[Ca].[Ca].[Ca]. The van der Waals surface area contributed by atoms with Gasteiger partial charge in [0.05, 0.1) is 0 Å². The van der Waals surface area contributed by atoms with Crippen LogP contribution in [0.1, 0.15) is 0 Å². The van der Waals surface area contributed by atoms with Gasteiger partial charge in [-0.3, -0.25) is 0 Å². The molecule has 0 amide bonds. The number of hydrogen-bond acceptors (Lipinski definition) is 0. The van der Waals surface area contributed by atoms with Crippen molar-refractivity contribution < 1.29 is 0 Å². The van der Waals surface area contributed by atoms with Crippen molar-refractivity contribution in [2.75, 3.05) is 0 Å². The second-order valence-electron chi connectivity index (χ2n) is 0. The van der Waals surface area contributed by atoms with Crippen molar-refractivity contribution >= 4 is 166 Å². The topological polar surface area (TPSA) is 0 Å². The summed E-state index contributed by atoms with van der Waals surface area (Å²) >= 11 is 0. The predicted octanol–water partition coefficient (Wildman–Crippen LogP) is -1.90. The van der Waals surface area contributed by atoms with E-state index in [0.29, 0.717) is 0 Å². The van der Waals surface area contributed by atoms with E-state index < -0.39 is 0 Å². The van der Waals surface area contributed by atoms with E-state index in [2.05, 4.69) is 0 Å². The Morgan fingerprint density at radius 1 is 0.400 bits per heavy atom.